The van der Waals surface area contributed by atoms with Gasteiger partial charge in [-0.1, -0.05) is 6.07 Å². The van der Waals surface area contributed by atoms with Crippen LogP contribution in [0.1, 0.15) is 32.7 Å². The number of amides is 1. The lowest BCUT2D eigenvalue weighted by Crippen LogP contribution is -2.49. The Kier molecular flexibility index (Phi) is 3.36. The molecular formula is C17H16N2O4. The summed E-state index contributed by atoms with van der Waals surface area (Å²) < 4.78 is 5.24. The monoisotopic (exact) mass is 312 g/mol. The fourth-order valence-corrected chi connectivity index (χ4v) is 3.51. The summed E-state index contributed by atoms with van der Waals surface area (Å²) in [6, 6.07) is 4.99. The lowest BCUT2D eigenvalue weighted by Gasteiger charge is -2.34. The van der Waals surface area contributed by atoms with Gasteiger partial charge < -0.3 is 14.7 Å². The van der Waals surface area contributed by atoms with Crippen LogP contribution in [0.25, 0.3) is 10.9 Å². The smallest absolute Gasteiger partial charge is 0.254 e. The van der Waals surface area contributed by atoms with Crippen molar-refractivity contribution in [3.63, 3.8) is 0 Å². The zero-order valence-corrected chi connectivity index (χ0v) is 12.4. The normalized spacial score (nSPS) is 24.0. The van der Waals surface area contributed by atoms with E-state index >= 15 is 0 Å². The Balaban J connectivity index is 1.82. The molecule has 6 nitrogen and oxygen atoms in total. The molecule has 2 atom stereocenters. The molecule has 6 heteroatoms. The van der Waals surface area contributed by atoms with Crippen molar-refractivity contribution in [1.82, 2.24) is 9.88 Å². The van der Waals surface area contributed by atoms with Gasteiger partial charge in [0.25, 0.3) is 5.91 Å². The van der Waals surface area contributed by atoms with Crippen molar-refractivity contribution in [2.24, 2.45) is 0 Å². The summed E-state index contributed by atoms with van der Waals surface area (Å²) in [5.74, 6) is -0.151. The summed E-state index contributed by atoms with van der Waals surface area (Å²) >= 11 is 0. The van der Waals surface area contributed by atoms with Gasteiger partial charge in [0.05, 0.1) is 24.3 Å². The lowest BCUT2D eigenvalue weighted by molar-refractivity contribution is -0.0571. The largest absolute Gasteiger partial charge is 0.389 e. The summed E-state index contributed by atoms with van der Waals surface area (Å²) in [7, 11) is 0. The predicted octanol–water partition coefficient (Wildman–Crippen LogP) is 1.15. The number of pyridine rings is 1. The molecule has 0 aliphatic carbocycles. The molecule has 0 radical (unpaired) electrons. The van der Waals surface area contributed by atoms with Crippen LogP contribution in [0, 0.1) is 0 Å². The maximum Gasteiger partial charge on any atom is 0.254 e. The molecule has 1 fully saturated rings. The van der Waals surface area contributed by atoms with Crippen LogP contribution in [-0.2, 0) is 11.3 Å². The highest BCUT2D eigenvalue weighted by molar-refractivity contribution is 6.08. The van der Waals surface area contributed by atoms with Gasteiger partial charge in [0.15, 0.2) is 6.29 Å². The molecular weight excluding hydrogens is 296 g/mol. The third kappa shape index (κ3) is 2.14. The van der Waals surface area contributed by atoms with Crippen LogP contribution in [-0.4, -0.2) is 52.5 Å². The molecule has 0 unspecified atom stereocenters. The number of aldehydes is 1. The van der Waals surface area contributed by atoms with Crippen molar-refractivity contribution in [2.75, 3.05) is 13.2 Å². The van der Waals surface area contributed by atoms with E-state index in [0.29, 0.717) is 36.2 Å². The molecule has 1 aromatic carbocycles. The Morgan fingerprint density at radius 3 is 3.09 bits per heavy atom. The Morgan fingerprint density at radius 1 is 1.43 bits per heavy atom. The number of benzene rings is 1. The topological polar surface area (TPSA) is 79.7 Å². The Morgan fingerprint density at radius 2 is 2.30 bits per heavy atom. The van der Waals surface area contributed by atoms with Crippen LogP contribution in [0.4, 0.5) is 0 Å². The number of hydrogen-bond donors (Lipinski definition) is 1. The SMILES string of the molecule is O=Cc1cc2c(c3ncccc13)CN([C@H]1CCOC[C@@H]1O)C2=O. The van der Waals surface area contributed by atoms with Crippen LogP contribution < -0.4 is 0 Å². The molecule has 1 aromatic heterocycles. The lowest BCUT2D eigenvalue weighted by atomic mass is 10.0. The fraction of sp³-hybridized carbons (Fsp3) is 0.353. The van der Waals surface area contributed by atoms with E-state index in [4.69, 9.17) is 4.74 Å². The minimum absolute atomic E-state index is 0.151. The Bertz CT molecular complexity index is 805. The van der Waals surface area contributed by atoms with Crippen molar-refractivity contribution in [3.8, 4) is 0 Å². The maximum absolute atomic E-state index is 12.8. The number of hydrogen-bond acceptors (Lipinski definition) is 5. The molecule has 1 N–H and O–H groups in total. The van der Waals surface area contributed by atoms with Gasteiger partial charge in [0.2, 0.25) is 0 Å². The highest BCUT2D eigenvalue weighted by Crippen LogP contribution is 2.33. The van der Waals surface area contributed by atoms with Crippen molar-refractivity contribution < 1.29 is 19.4 Å². The minimum atomic E-state index is -0.688. The summed E-state index contributed by atoms with van der Waals surface area (Å²) in [5, 5.41) is 10.9. The van der Waals surface area contributed by atoms with Crippen LogP contribution >= 0.6 is 0 Å². The first-order valence-electron chi connectivity index (χ1n) is 7.63. The summed E-state index contributed by atoms with van der Waals surface area (Å²) in [6.07, 6.45) is 2.33. The van der Waals surface area contributed by atoms with E-state index in [9.17, 15) is 14.7 Å². The molecule has 0 bridgehead atoms. The van der Waals surface area contributed by atoms with E-state index in [2.05, 4.69) is 4.98 Å². The minimum Gasteiger partial charge on any atom is -0.389 e. The van der Waals surface area contributed by atoms with Gasteiger partial charge >= 0.3 is 0 Å². The molecule has 2 aliphatic rings. The second-order valence-corrected chi connectivity index (χ2v) is 5.94. The second kappa shape index (κ2) is 5.40. The Hall–Kier alpha value is -2.31. The molecule has 1 saturated heterocycles. The van der Waals surface area contributed by atoms with Crippen LogP contribution in [0.2, 0.25) is 0 Å². The first-order chi connectivity index (χ1) is 11.2. The molecule has 118 valence electrons. The van der Waals surface area contributed by atoms with Gasteiger partial charge in [-0.15, -0.1) is 0 Å². The first kappa shape index (κ1) is 14.3. The number of carbonyl (C=O) groups is 2. The molecule has 3 heterocycles. The van der Waals surface area contributed by atoms with E-state index in [-0.39, 0.29) is 18.6 Å². The third-order valence-electron chi connectivity index (χ3n) is 4.67. The standard InChI is InChI=1S/C17H16N2O4/c20-8-10-6-12-13(16-11(10)2-1-4-18-16)7-19(17(12)22)14-3-5-23-9-15(14)21/h1-2,4,6,8,14-15,21H,3,5,7,9H2/t14-,15-/m0/s1. The molecule has 0 saturated carbocycles. The quantitative estimate of drug-likeness (QED) is 0.842. The molecule has 2 aliphatic heterocycles. The number of rotatable bonds is 2. The van der Waals surface area contributed by atoms with Gasteiger partial charge in [-0.2, -0.15) is 0 Å². The summed E-state index contributed by atoms with van der Waals surface area (Å²) in [5.41, 5.74) is 2.49. The Labute approximate surface area is 132 Å². The van der Waals surface area contributed by atoms with Crippen molar-refractivity contribution in [2.45, 2.75) is 25.1 Å². The number of fused-ring (bicyclic) bond motifs is 3. The predicted molar refractivity (Wildman–Crippen MR) is 82.2 cm³/mol. The molecule has 23 heavy (non-hydrogen) atoms. The van der Waals surface area contributed by atoms with E-state index in [1.165, 1.54) is 0 Å². The van der Waals surface area contributed by atoms with Crippen LogP contribution in [0.5, 0.6) is 0 Å². The molecule has 0 spiro atoms. The highest BCUT2D eigenvalue weighted by Gasteiger charge is 2.39. The zero-order chi connectivity index (χ0) is 16.0. The van der Waals surface area contributed by atoms with Crippen molar-refractivity contribution in [3.05, 3.63) is 41.1 Å². The van der Waals surface area contributed by atoms with E-state index in [0.717, 1.165) is 17.2 Å². The maximum atomic E-state index is 12.8. The molecule has 1 amide bonds. The number of aliphatic hydroxyl groups excluding tert-OH is 1. The summed E-state index contributed by atoms with van der Waals surface area (Å²) in [6.45, 7) is 1.17. The van der Waals surface area contributed by atoms with Gasteiger partial charge in [-0.25, -0.2) is 0 Å². The fourth-order valence-electron chi connectivity index (χ4n) is 3.51. The van der Waals surface area contributed by atoms with Crippen molar-refractivity contribution >= 4 is 23.1 Å². The number of nitrogens with zero attached hydrogens (tertiary/aromatic N) is 2. The molecule has 4 rings (SSSR count). The number of aromatic nitrogens is 1. The zero-order valence-electron chi connectivity index (χ0n) is 12.4. The van der Waals surface area contributed by atoms with Crippen LogP contribution in [0.3, 0.4) is 0 Å². The van der Waals surface area contributed by atoms with Crippen LogP contribution in [0.15, 0.2) is 24.4 Å². The van der Waals surface area contributed by atoms with E-state index < -0.39 is 6.10 Å². The van der Waals surface area contributed by atoms with Gasteiger partial charge in [0, 0.05) is 41.4 Å². The summed E-state index contributed by atoms with van der Waals surface area (Å²) in [4.78, 5) is 30.2. The number of ether oxygens (including phenoxy) is 1. The van der Waals surface area contributed by atoms with E-state index in [1.54, 1.807) is 23.2 Å². The number of aliphatic hydroxyl groups is 1. The average Bonchev–Trinajstić information content (AvgIpc) is 2.91. The van der Waals surface area contributed by atoms with E-state index in [1.807, 2.05) is 6.07 Å². The second-order valence-electron chi connectivity index (χ2n) is 5.94. The van der Waals surface area contributed by atoms with Gasteiger partial charge in [-0.05, 0) is 18.6 Å². The van der Waals surface area contributed by atoms with Crippen molar-refractivity contribution in [1.29, 1.82) is 0 Å². The third-order valence-corrected chi connectivity index (χ3v) is 4.67. The molecule has 2 aromatic rings. The highest BCUT2D eigenvalue weighted by atomic mass is 16.5. The average molecular weight is 312 g/mol. The number of carbonyl (C=O) groups excluding carboxylic acids is 2. The first-order valence-corrected chi connectivity index (χ1v) is 7.63. The van der Waals surface area contributed by atoms with Gasteiger partial charge in [0.1, 0.15) is 0 Å². The van der Waals surface area contributed by atoms with Gasteiger partial charge in [-0.3, -0.25) is 14.6 Å².